The molecule has 1 aliphatic carbocycles. The lowest BCUT2D eigenvalue weighted by Crippen LogP contribution is -2.45. The van der Waals surface area contributed by atoms with Gasteiger partial charge in [0.05, 0.1) is 0 Å². The molecule has 1 unspecified atom stereocenters. The largest absolute Gasteiger partial charge is 0.377 e. The van der Waals surface area contributed by atoms with Crippen molar-refractivity contribution in [3.8, 4) is 0 Å². The molecule has 0 saturated heterocycles. The third-order valence-electron chi connectivity index (χ3n) is 4.51. The summed E-state index contributed by atoms with van der Waals surface area (Å²) in [4.78, 5) is 12.8. The zero-order valence-electron chi connectivity index (χ0n) is 12.9. The number of ketones is 1. The summed E-state index contributed by atoms with van der Waals surface area (Å²) < 4.78 is 0. The summed E-state index contributed by atoms with van der Waals surface area (Å²) >= 11 is 0. The Labute approximate surface area is 125 Å². The van der Waals surface area contributed by atoms with E-state index >= 15 is 0 Å². The number of hydrogen-bond acceptors (Lipinski definition) is 2. The van der Waals surface area contributed by atoms with Crippen molar-refractivity contribution in [1.29, 1.82) is 0 Å². The summed E-state index contributed by atoms with van der Waals surface area (Å²) in [5.41, 5.74) is 0.0667. The Hall–Kier alpha value is -1.67. The van der Waals surface area contributed by atoms with Crippen LogP contribution in [0.25, 0.3) is 10.8 Å². The first-order valence-electron chi connectivity index (χ1n) is 7.62. The second-order valence-corrected chi connectivity index (χ2v) is 7.11. The fraction of sp³-hybridized carbons (Fsp3) is 0.421. The zero-order chi connectivity index (χ0) is 15.3. The maximum atomic E-state index is 12.8. The molecule has 0 spiro atoms. The predicted octanol–water partition coefficient (Wildman–Crippen LogP) is 3.98. The lowest BCUT2D eigenvalue weighted by atomic mass is 9.69. The van der Waals surface area contributed by atoms with Crippen molar-refractivity contribution >= 4 is 16.6 Å². The van der Waals surface area contributed by atoms with E-state index in [9.17, 15) is 9.90 Å². The molecule has 2 heteroatoms. The highest BCUT2D eigenvalue weighted by atomic mass is 16.3. The Morgan fingerprint density at radius 1 is 1.14 bits per heavy atom. The maximum absolute atomic E-state index is 12.8. The molecule has 2 nitrogen and oxygen atoms in total. The Bertz CT molecular complexity index is 709. The molecule has 3 rings (SSSR count). The van der Waals surface area contributed by atoms with Gasteiger partial charge in [0.25, 0.3) is 0 Å². The van der Waals surface area contributed by atoms with Crippen LogP contribution in [0.4, 0.5) is 0 Å². The zero-order valence-corrected chi connectivity index (χ0v) is 12.9. The molecule has 0 amide bonds. The molecule has 0 fully saturated rings. The van der Waals surface area contributed by atoms with Crippen LogP contribution in [0.3, 0.4) is 0 Å². The highest BCUT2D eigenvalue weighted by molar-refractivity contribution is 5.96. The molecule has 110 valence electrons. The average molecular weight is 282 g/mol. The second kappa shape index (κ2) is 4.67. The van der Waals surface area contributed by atoms with E-state index in [1.165, 1.54) is 5.39 Å². The van der Waals surface area contributed by atoms with E-state index in [1.807, 2.05) is 45.0 Å². The van der Waals surface area contributed by atoms with Gasteiger partial charge in [-0.25, -0.2) is 0 Å². The van der Waals surface area contributed by atoms with Gasteiger partial charge in [-0.1, -0.05) is 57.2 Å². The number of rotatable bonds is 1. The molecular formula is C19H22O2. The van der Waals surface area contributed by atoms with Crippen molar-refractivity contribution < 1.29 is 9.90 Å². The van der Waals surface area contributed by atoms with Gasteiger partial charge < -0.3 is 5.11 Å². The van der Waals surface area contributed by atoms with Crippen LogP contribution in [0.2, 0.25) is 0 Å². The Balaban J connectivity index is 2.23. The van der Waals surface area contributed by atoms with Crippen molar-refractivity contribution in [2.75, 3.05) is 0 Å². The highest BCUT2D eigenvalue weighted by Gasteiger charge is 2.46. The fourth-order valence-corrected chi connectivity index (χ4v) is 3.50. The van der Waals surface area contributed by atoms with E-state index in [0.717, 1.165) is 29.4 Å². The Morgan fingerprint density at radius 2 is 1.86 bits per heavy atom. The molecule has 2 aromatic carbocycles. The summed E-state index contributed by atoms with van der Waals surface area (Å²) in [6, 6.07) is 12.2. The van der Waals surface area contributed by atoms with Crippen LogP contribution in [0.15, 0.2) is 36.4 Å². The minimum atomic E-state index is -1.34. The van der Waals surface area contributed by atoms with E-state index in [-0.39, 0.29) is 5.78 Å². The molecule has 0 radical (unpaired) electrons. The van der Waals surface area contributed by atoms with Gasteiger partial charge in [0.2, 0.25) is 0 Å². The SMILES string of the molecule is CC(C)(C)C(=O)C1(O)CCCc2c1ccc1ccccc21. The van der Waals surface area contributed by atoms with Gasteiger partial charge >= 0.3 is 0 Å². The molecule has 0 bridgehead atoms. The Morgan fingerprint density at radius 3 is 2.57 bits per heavy atom. The number of carbonyl (C=O) groups is 1. The molecular weight excluding hydrogens is 260 g/mol. The van der Waals surface area contributed by atoms with Crippen LogP contribution < -0.4 is 0 Å². The monoisotopic (exact) mass is 282 g/mol. The van der Waals surface area contributed by atoms with Crippen molar-refractivity contribution in [2.45, 2.75) is 45.6 Å². The average Bonchev–Trinajstić information content (AvgIpc) is 2.45. The molecule has 0 aliphatic heterocycles. The third-order valence-corrected chi connectivity index (χ3v) is 4.51. The van der Waals surface area contributed by atoms with Crippen molar-refractivity contribution in [3.05, 3.63) is 47.5 Å². The number of fused-ring (bicyclic) bond motifs is 3. The molecule has 21 heavy (non-hydrogen) atoms. The van der Waals surface area contributed by atoms with Crippen LogP contribution >= 0.6 is 0 Å². The molecule has 2 aromatic rings. The smallest absolute Gasteiger partial charge is 0.174 e. The first-order chi connectivity index (χ1) is 9.84. The lowest BCUT2D eigenvalue weighted by Gasteiger charge is -2.37. The van der Waals surface area contributed by atoms with E-state index in [1.54, 1.807) is 0 Å². The third kappa shape index (κ3) is 2.18. The summed E-state index contributed by atoms with van der Waals surface area (Å²) in [6.07, 6.45) is 2.30. The summed E-state index contributed by atoms with van der Waals surface area (Å²) in [5, 5.41) is 13.5. The first kappa shape index (κ1) is 14.3. The second-order valence-electron chi connectivity index (χ2n) is 7.11. The topological polar surface area (TPSA) is 37.3 Å². The minimum Gasteiger partial charge on any atom is -0.377 e. The van der Waals surface area contributed by atoms with E-state index in [2.05, 4.69) is 12.1 Å². The van der Waals surface area contributed by atoms with Crippen molar-refractivity contribution in [3.63, 3.8) is 0 Å². The van der Waals surface area contributed by atoms with E-state index < -0.39 is 11.0 Å². The van der Waals surface area contributed by atoms with E-state index in [4.69, 9.17) is 0 Å². The van der Waals surface area contributed by atoms with E-state index in [0.29, 0.717) is 6.42 Å². The molecule has 1 N–H and O–H groups in total. The molecule has 0 heterocycles. The van der Waals surface area contributed by atoms with Crippen LogP contribution in [0.5, 0.6) is 0 Å². The van der Waals surface area contributed by atoms with Gasteiger partial charge in [-0.3, -0.25) is 4.79 Å². The number of carbonyl (C=O) groups excluding carboxylic acids is 1. The highest BCUT2D eigenvalue weighted by Crippen LogP contribution is 2.42. The maximum Gasteiger partial charge on any atom is 0.174 e. The lowest BCUT2D eigenvalue weighted by molar-refractivity contribution is -0.148. The van der Waals surface area contributed by atoms with Gasteiger partial charge in [-0.15, -0.1) is 0 Å². The summed E-state index contributed by atoms with van der Waals surface area (Å²) in [6.45, 7) is 5.63. The van der Waals surface area contributed by atoms with Gasteiger partial charge in [-0.2, -0.15) is 0 Å². The Kier molecular flexibility index (Phi) is 3.18. The van der Waals surface area contributed by atoms with Crippen molar-refractivity contribution in [2.24, 2.45) is 5.41 Å². The molecule has 1 atom stereocenters. The normalized spacial score (nSPS) is 22.1. The number of hydrogen-bond donors (Lipinski definition) is 1. The van der Waals surface area contributed by atoms with Crippen LogP contribution in [0.1, 0.15) is 44.7 Å². The van der Waals surface area contributed by atoms with Crippen LogP contribution in [-0.4, -0.2) is 10.9 Å². The summed E-state index contributed by atoms with van der Waals surface area (Å²) in [5.74, 6) is -0.0776. The van der Waals surface area contributed by atoms with Gasteiger partial charge in [-0.05, 0) is 41.2 Å². The number of Topliss-reactive ketones (excluding diaryl/α,β-unsaturated/α-hetero) is 1. The summed E-state index contributed by atoms with van der Waals surface area (Å²) in [7, 11) is 0. The van der Waals surface area contributed by atoms with Crippen LogP contribution in [-0.2, 0) is 16.8 Å². The molecule has 1 aliphatic rings. The van der Waals surface area contributed by atoms with Crippen LogP contribution in [0, 0.1) is 5.41 Å². The number of aliphatic hydroxyl groups is 1. The number of aryl methyl sites for hydroxylation is 1. The predicted molar refractivity (Wildman–Crippen MR) is 85.2 cm³/mol. The molecule has 0 aromatic heterocycles. The number of benzene rings is 2. The van der Waals surface area contributed by atoms with Gasteiger partial charge in [0.1, 0.15) is 5.60 Å². The fourth-order valence-electron chi connectivity index (χ4n) is 3.50. The molecule has 0 saturated carbocycles. The quantitative estimate of drug-likeness (QED) is 0.859. The van der Waals surface area contributed by atoms with Gasteiger partial charge in [0.15, 0.2) is 5.78 Å². The minimum absolute atomic E-state index is 0.0776. The first-order valence-corrected chi connectivity index (χ1v) is 7.62. The van der Waals surface area contributed by atoms with Gasteiger partial charge in [0, 0.05) is 5.41 Å². The van der Waals surface area contributed by atoms with Crippen molar-refractivity contribution in [1.82, 2.24) is 0 Å². The standard InChI is InChI=1S/C19H22O2/c1-18(2,3)17(20)19(21)12-6-9-15-14-8-5-4-7-13(14)10-11-16(15)19/h4-5,7-8,10-11,21H,6,9,12H2,1-3H3.